The molecule has 6 heteroatoms. The Morgan fingerprint density at radius 2 is 2.27 bits per heavy atom. The van der Waals surface area contributed by atoms with Gasteiger partial charge in [-0.2, -0.15) is 0 Å². The molecular formula is C9H8ClN3S2. The summed E-state index contributed by atoms with van der Waals surface area (Å²) in [7, 11) is 0. The van der Waals surface area contributed by atoms with E-state index in [1.165, 1.54) is 0 Å². The predicted octanol–water partition coefficient (Wildman–Crippen LogP) is 3.19. The third-order valence-electron chi connectivity index (χ3n) is 1.62. The van der Waals surface area contributed by atoms with Crippen molar-refractivity contribution < 1.29 is 0 Å². The monoisotopic (exact) mass is 257 g/mol. The summed E-state index contributed by atoms with van der Waals surface area (Å²) >= 11 is 9.00. The normalized spacial score (nSPS) is 10.5. The molecule has 0 aliphatic heterocycles. The number of aryl methyl sites for hydroxylation is 1. The maximum Gasteiger partial charge on any atom is 0.174 e. The minimum Gasteiger partial charge on any atom is -0.240 e. The van der Waals surface area contributed by atoms with E-state index in [0.717, 1.165) is 20.8 Å². The van der Waals surface area contributed by atoms with E-state index < -0.39 is 0 Å². The van der Waals surface area contributed by atoms with Crippen molar-refractivity contribution in [1.29, 1.82) is 0 Å². The van der Waals surface area contributed by atoms with Gasteiger partial charge in [-0.25, -0.2) is 4.98 Å². The molecule has 2 heterocycles. The average Bonchev–Trinajstić information content (AvgIpc) is 2.62. The Bertz CT molecular complexity index is 458. The second-order valence-electron chi connectivity index (χ2n) is 2.83. The smallest absolute Gasteiger partial charge is 0.174 e. The van der Waals surface area contributed by atoms with Crippen LogP contribution in [-0.4, -0.2) is 15.2 Å². The molecule has 0 aliphatic rings. The molecule has 2 rings (SSSR count). The van der Waals surface area contributed by atoms with Crippen LogP contribution >= 0.6 is 34.7 Å². The van der Waals surface area contributed by atoms with Crippen molar-refractivity contribution in [3.8, 4) is 0 Å². The van der Waals surface area contributed by atoms with Gasteiger partial charge in [0.2, 0.25) is 0 Å². The molecule has 78 valence electrons. The van der Waals surface area contributed by atoms with Gasteiger partial charge < -0.3 is 0 Å². The first-order valence-corrected chi connectivity index (χ1v) is 6.46. The number of rotatable bonds is 3. The van der Waals surface area contributed by atoms with E-state index in [1.807, 2.05) is 19.1 Å². The van der Waals surface area contributed by atoms with Crippen molar-refractivity contribution in [2.75, 3.05) is 0 Å². The highest BCUT2D eigenvalue weighted by Gasteiger charge is 2.02. The molecule has 0 amide bonds. The largest absolute Gasteiger partial charge is 0.240 e. The van der Waals surface area contributed by atoms with Crippen molar-refractivity contribution >= 4 is 34.7 Å². The molecule has 15 heavy (non-hydrogen) atoms. The molecule has 2 aromatic rings. The summed E-state index contributed by atoms with van der Waals surface area (Å²) in [6, 6.07) is 5.62. The molecule has 0 saturated carbocycles. The summed E-state index contributed by atoms with van der Waals surface area (Å²) in [4.78, 5) is 4.20. The van der Waals surface area contributed by atoms with Gasteiger partial charge >= 0.3 is 0 Å². The highest BCUT2D eigenvalue weighted by atomic mass is 35.5. The topological polar surface area (TPSA) is 38.7 Å². The first-order valence-electron chi connectivity index (χ1n) is 4.28. The minimum atomic E-state index is 0.529. The maximum atomic E-state index is 5.78. The van der Waals surface area contributed by atoms with Gasteiger partial charge in [-0.15, -0.1) is 10.2 Å². The number of hydrogen-bond acceptors (Lipinski definition) is 5. The lowest BCUT2D eigenvalue weighted by atomic mass is 10.4. The van der Waals surface area contributed by atoms with Crippen LogP contribution in [0.1, 0.15) is 10.7 Å². The number of nitrogens with zero attached hydrogens (tertiary/aromatic N) is 3. The van der Waals surface area contributed by atoms with E-state index in [4.69, 9.17) is 11.6 Å². The minimum absolute atomic E-state index is 0.529. The van der Waals surface area contributed by atoms with Crippen LogP contribution in [0.15, 0.2) is 22.5 Å². The number of aromatic nitrogens is 3. The fourth-order valence-corrected chi connectivity index (χ4v) is 2.91. The first-order chi connectivity index (χ1) is 7.24. The zero-order chi connectivity index (χ0) is 10.7. The molecule has 0 aromatic carbocycles. The molecule has 0 unspecified atom stereocenters. The van der Waals surface area contributed by atoms with Crippen molar-refractivity contribution in [1.82, 2.24) is 15.2 Å². The molecule has 0 fully saturated rings. The highest BCUT2D eigenvalue weighted by molar-refractivity contribution is 8.00. The summed E-state index contributed by atoms with van der Waals surface area (Å²) in [6.45, 7) is 1.94. The van der Waals surface area contributed by atoms with Crippen molar-refractivity contribution in [3.05, 3.63) is 34.1 Å². The Balaban J connectivity index is 1.99. The Morgan fingerprint density at radius 1 is 1.40 bits per heavy atom. The molecule has 0 atom stereocenters. The van der Waals surface area contributed by atoms with Crippen LogP contribution in [-0.2, 0) is 5.75 Å². The van der Waals surface area contributed by atoms with Crippen LogP contribution in [0.3, 0.4) is 0 Å². The van der Waals surface area contributed by atoms with Crippen LogP contribution in [0.4, 0.5) is 0 Å². The molecule has 0 aliphatic carbocycles. The first kappa shape index (κ1) is 10.9. The molecule has 0 radical (unpaired) electrons. The van der Waals surface area contributed by atoms with Crippen LogP contribution in [0.2, 0.25) is 5.15 Å². The average molecular weight is 258 g/mol. The number of halogens is 1. The van der Waals surface area contributed by atoms with E-state index in [-0.39, 0.29) is 0 Å². The van der Waals surface area contributed by atoms with Gasteiger partial charge in [0.05, 0.1) is 5.69 Å². The van der Waals surface area contributed by atoms with E-state index >= 15 is 0 Å². The second kappa shape index (κ2) is 4.92. The molecule has 2 aromatic heterocycles. The Labute approximate surface area is 101 Å². The standard InChI is InChI=1S/C9H8ClN3S2/c1-6-12-13-9(15-6)14-5-7-3-2-4-8(10)11-7/h2-4H,5H2,1H3. The van der Waals surface area contributed by atoms with Crippen molar-refractivity contribution in [2.24, 2.45) is 0 Å². The molecular weight excluding hydrogens is 250 g/mol. The Morgan fingerprint density at radius 3 is 2.93 bits per heavy atom. The van der Waals surface area contributed by atoms with Gasteiger partial charge in [0.25, 0.3) is 0 Å². The zero-order valence-electron chi connectivity index (χ0n) is 7.98. The Hall–Kier alpha value is -0.650. The lowest BCUT2D eigenvalue weighted by Gasteiger charge is -1.97. The second-order valence-corrected chi connectivity index (χ2v) is 5.62. The van der Waals surface area contributed by atoms with Gasteiger partial charge in [0.15, 0.2) is 4.34 Å². The van der Waals surface area contributed by atoms with Crippen LogP contribution in [0.25, 0.3) is 0 Å². The SMILES string of the molecule is Cc1nnc(SCc2cccc(Cl)n2)s1. The molecule has 3 nitrogen and oxygen atoms in total. The summed E-state index contributed by atoms with van der Waals surface area (Å²) in [5.74, 6) is 0.773. The van der Waals surface area contributed by atoms with Crippen molar-refractivity contribution in [3.63, 3.8) is 0 Å². The van der Waals surface area contributed by atoms with E-state index in [2.05, 4.69) is 15.2 Å². The quantitative estimate of drug-likeness (QED) is 0.625. The van der Waals surface area contributed by atoms with E-state index in [1.54, 1.807) is 29.2 Å². The van der Waals surface area contributed by atoms with Crippen molar-refractivity contribution in [2.45, 2.75) is 17.0 Å². The summed E-state index contributed by atoms with van der Waals surface area (Å²) in [5.41, 5.74) is 0.959. The van der Waals surface area contributed by atoms with E-state index in [0.29, 0.717) is 5.15 Å². The van der Waals surface area contributed by atoms with E-state index in [9.17, 15) is 0 Å². The lowest BCUT2D eigenvalue weighted by Crippen LogP contribution is -1.85. The molecule has 0 saturated heterocycles. The highest BCUT2D eigenvalue weighted by Crippen LogP contribution is 2.25. The predicted molar refractivity (Wildman–Crippen MR) is 63.5 cm³/mol. The Kier molecular flexibility index (Phi) is 3.56. The van der Waals surface area contributed by atoms with Gasteiger partial charge in [-0.05, 0) is 19.1 Å². The summed E-state index contributed by atoms with van der Waals surface area (Å²) in [5, 5.41) is 9.48. The molecule has 0 spiro atoms. The van der Waals surface area contributed by atoms with Crippen LogP contribution in [0.5, 0.6) is 0 Å². The molecule has 0 bridgehead atoms. The molecule has 0 N–H and O–H groups in total. The van der Waals surface area contributed by atoms with Gasteiger partial charge in [-0.3, -0.25) is 0 Å². The van der Waals surface area contributed by atoms with Gasteiger partial charge in [-0.1, -0.05) is 40.8 Å². The number of hydrogen-bond donors (Lipinski definition) is 0. The third-order valence-corrected chi connectivity index (χ3v) is 3.84. The fourth-order valence-electron chi connectivity index (χ4n) is 1.00. The maximum absolute atomic E-state index is 5.78. The number of pyridine rings is 1. The van der Waals surface area contributed by atoms with Crippen LogP contribution < -0.4 is 0 Å². The fraction of sp³-hybridized carbons (Fsp3) is 0.222. The summed E-state index contributed by atoms with van der Waals surface area (Å²) < 4.78 is 0.967. The van der Waals surface area contributed by atoms with Gasteiger partial charge in [0, 0.05) is 5.75 Å². The number of thioether (sulfide) groups is 1. The lowest BCUT2D eigenvalue weighted by molar-refractivity contribution is 0.983. The summed E-state index contributed by atoms with van der Waals surface area (Å²) in [6.07, 6.45) is 0. The van der Waals surface area contributed by atoms with Crippen LogP contribution in [0, 0.1) is 6.92 Å². The van der Waals surface area contributed by atoms with Gasteiger partial charge in [0.1, 0.15) is 10.2 Å². The third kappa shape index (κ3) is 3.15. The zero-order valence-corrected chi connectivity index (χ0v) is 10.4.